The van der Waals surface area contributed by atoms with Gasteiger partial charge in [0.1, 0.15) is 0 Å². The molecule has 1 aromatic rings. The smallest absolute Gasteiger partial charge is 0.258 e. The van der Waals surface area contributed by atoms with Gasteiger partial charge >= 0.3 is 0 Å². The van der Waals surface area contributed by atoms with Crippen molar-refractivity contribution in [2.24, 2.45) is 5.73 Å². The van der Waals surface area contributed by atoms with E-state index < -0.39 is 17.7 Å². The average molecular weight is 190 g/mol. The predicted molar refractivity (Wildman–Crippen MR) is 46.8 cm³/mol. The molecule has 3 amide bonds. The van der Waals surface area contributed by atoms with Crippen LogP contribution in [-0.2, 0) is 0 Å². The Morgan fingerprint density at radius 1 is 1.14 bits per heavy atom. The summed E-state index contributed by atoms with van der Waals surface area (Å²) in [4.78, 5) is 33.1. The van der Waals surface area contributed by atoms with Crippen LogP contribution in [0.3, 0.4) is 0 Å². The first-order valence-corrected chi connectivity index (χ1v) is 3.89. The fraction of sp³-hybridized carbons (Fsp3) is 0. The lowest BCUT2D eigenvalue weighted by atomic mass is 10.1. The highest BCUT2D eigenvalue weighted by Crippen LogP contribution is 2.16. The minimum absolute atomic E-state index is 0.200. The number of imide groups is 1. The normalized spacial score (nSPS) is 13.7. The molecule has 0 saturated heterocycles. The maximum atomic E-state index is 11.2. The van der Waals surface area contributed by atoms with Gasteiger partial charge in [-0.3, -0.25) is 19.7 Å². The number of carbonyl (C=O) groups excluding carboxylic acids is 3. The van der Waals surface area contributed by atoms with Gasteiger partial charge in [0.15, 0.2) is 0 Å². The second-order valence-electron chi connectivity index (χ2n) is 2.91. The number of primary amides is 1. The minimum Gasteiger partial charge on any atom is -0.366 e. The summed E-state index contributed by atoms with van der Waals surface area (Å²) in [7, 11) is 0. The van der Waals surface area contributed by atoms with E-state index in [1.54, 1.807) is 0 Å². The van der Waals surface area contributed by atoms with E-state index in [0.29, 0.717) is 0 Å². The van der Waals surface area contributed by atoms with E-state index in [0.717, 1.165) is 0 Å². The summed E-state index contributed by atoms with van der Waals surface area (Å²) in [6.07, 6.45) is 0. The summed E-state index contributed by atoms with van der Waals surface area (Å²) in [6.45, 7) is 0. The van der Waals surface area contributed by atoms with Gasteiger partial charge < -0.3 is 5.73 Å². The third-order valence-electron chi connectivity index (χ3n) is 2.02. The van der Waals surface area contributed by atoms with E-state index >= 15 is 0 Å². The molecular formula is C9H6N2O3. The summed E-state index contributed by atoms with van der Waals surface area (Å²) in [5, 5.41) is 2.12. The number of fused-ring (bicyclic) bond motifs is 1. The second-order valence-corrected chi connectivity index (χ2v) is 2.91. The van der Waals surface area contributed by atoms with Crippen molar-refractivity contribution in [1.29, 1.82) is 0 Å². The SMILES string of the molecule is NC(=O)c1ccc2c(c1)C(=O)NC2=O. The number of carbonyl (C=O) groups is 3. The predicted octanol–water partition coefficient (Wildman–Crippen LogP) is -0.331. The van der Waals surface area contributed by atoms with Crippen LogP contribution in [0.15, 0.2) is 18.2 Å². The number of benzene rings is 1. The maximum Gasteiger partial charge on any atom is 0.258 e. The van der Waals surface area contributed by atoms with Gasteiger partial charge in [-0.05, 0) is 18.2 Å². The summed E-state index contributed by atoms with van der Waals surface area (Å²) < 4.78 is 0. The Morgan fingerprint density at radius 3 is 2.43 bits per heavy atom. The summed E-state index contributed by atoms with van der Waals surface area (Å²) >= 11 is 0. The zero-order chi connectivity index (χ0) is 10.3. The molecule has 0 atom stereocenters. The van der Waals surface area contributed by atoms with Crippen molar-refractivity contribution in [3.8, 4) is 0 Å². The van der Waals surface area contributed by atoms with Crippen molar-refractivity contribution in [2.45, 2.75) is 0 Å². The van der Waals surface area contributed by atoms with Crippen LogP contribution < -0.4 is 11.1 Å². The molecule has 0 aliphatic carbocycles. The highest BCUT2D eigenvalue weighted by Gasteiger charge is 2.26. The molecule has 0 bridgehead atoms. The van der Waals surface area contributed by atoms with Gasteiger partial charge in [-0.15, -0.1) is 0 Å². The third-order valence-corrected chi connectivity index (χ3v) is 2.02. The lowest BCUT2D eigenvalue weighted by Crippen LogP contribution is -2.19. The van der Waals surface area contributed by atoms with Crippen molar-refractivity contribution < 1.29 is 14.4 Å². The van der Waals surface area contributed by atoms with Crippen LogP contribution in [-0.4, -0.2) is 17.7 Å². The molecule has 1 aromatic carbocycles. The van der Waals surface area contributed by atoms with Crippen LogP contribution >= 0.6 is 0 Å². The Kier molecular flexibility index (Phi) is 1.60. The fourth-order valence-corrected chi connectivity index (χ4v) is 1.32. The topological polar surface area (TPSA) is 89.3 Å². The number of hydrogen-bond donors (Lipinski definition) is 2. The highest BCUT2D eigenvalue weighted by atomic mass is 16.2. The monoisotopic (exact) mass is 190 g/mol. The number of nitrogens with one attached hydrogen (secondary N) is 1. The Labute approximate surface area is 78.9 Å². The molecule has 70 valence electrons. The summed E-state index contributed by atoms with van der Waals surface area (Å²) in [5.41, 5.74) is 5.73. The van der Waals surface area contributed by atoms with Crippen molar-refractivity contribution >= 4 is 17.7 Å². The van der Waals surface area contributed by atoms with Gasteiger partial charge in [0.2, 0.25) is 5.91 Å². The Hall–Kier alpha value is -2.17. The van der Waals surface area contributed by atoms with Crippen LogP contribution in [0.5, 0.6) is 0 Å². The summed E-state index contributed by atoms with van der Waals surface area (Å²) in [5.74, 6) is -1.56. The van der Waals surface area contributed by atoms with Crippen LogP contribution in [0, 0.1) is 0 Å². The largest absolute Gasteiger partial charge is 0.366 e. The van der Waals surface area contributed by atoms with Crippen molar-refractivity contribution in [2.75, 3.05) is 0 Å². The van der Waals surface area contributed by atoms with E-state index in [2.05, 4.69) is 5.32 Å². The second kappa shape index (κ2) is 2.66. The van der Waals surface area contributed by atoms with Gasteiger partial charge in [-0.2, -0.15) is 0 Å². The fourth-order valence-electron chi connectivity index (χ4n) is 1.32. The molecule has 0 radical (unpaired) electrons. The van der Waals surface area contributed by atoms with Gasteiger partial charge in [-0.25, -0.2) is 0 Å². The molecule has 5 heteroatoms. The first-order valence-electron chi connectivity index (χ1n) is 3.89. The Bertz CT molecular complexity index is 465. The number of rotatable bonds is 1. The van der Waals surface area contributed by atoms with Crippen molar-refractivity contribution in [1.82, 2.24) is 5.32 Å². The molecule has 1 aliphatic heterocycles. The quantitative estimate of drug-likeness (QED) is 0.594. The lowest BCUT2D eigenvalue weighted by molar-refractivity contribution is 0.0879. The van der Waals surface area contributed by atoms with E-state index in [1.807, 2.05) is 0 Å². The first-order chi connectivity index (χ1) is 6.59. The maximum absolute atomic E-state index is 11.2. The van der Waals surface area contributed by atoms with Crippen LogP contribution in [0.4, 0.5) is 0 Å². The van der Waals surface area contributed by atoms with Crippen LogP contribution in [0.1, 0.15) is 31.1 Å². The number of hydrogen-bond acceptors (Lipinski definition) is 3. The van der Waals surface area contributed by atoms with Crippen molar-refractivity contribution in [3.63, 3.8) is 0 Å². The number of amides is 3. The van der Waals surface area contributed by atoms with Gasteiger partial charge in [0.25, 0.3) is 11.8 Å². The van der Waals surface area contributed by atoms with E-state index in [1.165, 1.54) is 18.2 Å². The Balaban J connectivity index is 2.61. The van der Waals surface area contributed by atoms with Crippen LogP contribution in [0.2, 0.25) is 0 Å². The average Bonchev–Trinajstić information content (AvgIpc) is 2.42. The van der Waals surface area contributed by atoms with E-state index in [-0.39, 0.29) is 16.7 Å². The standard InChI is InChI=1S/C9H6N2O3/c10-7(12)4-1-2-5-6(3-4)9(14)11-8(5)13/h1-3H,(H2,10,12)(H,11,13,14). The van der Waals surface area contributed by atoms with E-state index in [9.17, 15) is 14.4 Å². The minimum atomic E-state index is -0.625. The first kappa shape index (κ1) is 8.43. The van der Waals surface area contributed by atoms with E-state index in [4.69, 9.17) is 5.73 Å². The van der Waals surface area contributed by atoms with Gasteiger partial charge in [-0.1, -0.05) is 0 Å². The molecule has 0 saturated carbocycles. The third kappa shape index (κ3) is 1.06. The number of nitrogens with two attached hydrogens (primary N) is 1. The van der Waals surface area contributed by atoms with Gasteiger partial charge in [0, 0.05) is 5.56 Å². The molecule has 1 heterocycles. The molecular weight excluding hydrogens is 184 g/mol. The molecule has 0 fully saturated rings. The Morgan fingerprint density at radius 2 is 1.79 bits per heavy atom. The van der Waals surface area contributed by atoms with Crippen molar-refractivity contribution in [3.05, 3.63) is 34.9 Å². The molecule has 3 N–H and O–H groups in total. The van der Waals surface area contributed by atoms with Gasteiger partial charge in [0.05, 0.1) is 11.1 Å². The highest BCUT2D eigenvalue weighted by molar-refractivity contribution is 6.22. The molecule has 0 spiro atoms. The lowest BCUT2D eigenvalue weighted by Gasteiger charge is -1.97. The molecule has 1 aliphatic rings. The molecule has 5 nitrogen and oxygen atoms in total. The molecule has 2 rings (SSSR count). The molecule has 0 aromatic heterocycles. The summed E-state index contributed by atoms with van der Waals surface area (Å²) in [6, 6.07) is 4.15. The molecule has 14 heavy (non-hydrogen) atoms. The molecule has 0 unspecified atom stereocenters. The van der Waals surface area contributed by atoms with Crippen LogP contribution in [0.25, 0.3) is 0 Å². The zero-order valence-electron chi connectivity index (χ0n) is 7.03. The zero-order valence-corrected chi connectivity index (χ0v) is 7.03.